The maximum absolute atomic E-state index is 16.5. The van der Waals surface area contributed by atoms with Gasteiger partial charge in [0.25, 0.3) is 5.85 Å². The minimum absolute atomic E-state index is 0. The van der Waals surface area contributed by atoms with Crippen molar-refractivity contribution in [2.45, 2.75) is 76.7 Å². The standard InChI is InChI=1S/C32H44FN6O10P.H2S/c1-20(2)12-14-45-26(40)16-24(30(43)46-15-13-21(3)4)39-50(44,48-22-8-6-5-7-9-22)47-18-32(33)28(42)27(41)31(17-34,49-32)25-11-10-23(38-25)29(36)37-19-35;/h5-11,19-21,24,27-28,38,41-42H,12-16,18H2,1-4H3,(H,39,44)(H3,35,36,37);1H2/t24-,27+,28-,31-,32+,50?;/m0./s1. The number of nitriles is 1. The highest BCUT2D eigenvalue weighted by Crippen LogP contribution is 2.50. The van der Waals surface area contributed by atoms with Gasteiger partial charge in [0, 0.05) is 0 Å². The van der Waals surface area contributed by atoms with E-state index in [1.165, 1.54) is 36.4 Å². The Morgan fingerprint density at radius 3 is 2.35 bits per heavy atom. The summed E-state index contributed by atoms with van der Waals surface area (Å²) in [6.45, 7) is 6.31. The fourth-order valence-electron chi connectivity index (χ4n) is 4.61. The maximum Gasteiger partial charge on any atom is 0.459 e. The molecule has 1 aliphatic rings. The topological polar surface area (TPSA) is 252 Å². The van der Waals surface area contributed by atoms with Crippen molar-refractivity contribution in [3.05, 3.63) is 53.9 Å². The molecule has 282 valence electrons. The highest BCUT2D eigenvalue weighted by atomic mass is 32.1. The van der Waals surface area contributed by atoms with Crippen LogP contribution < -0.4 is 15.3 Å². The van der Waals surface area contributed by atoms with Crippen molar-refractivity contribution in [3.8, 4) is 11.8 Å². The lowest BCUT2D eigenvalue weighted by molar-refractivity contribution is -0.208. The van der Waals surface area contributed by atoms with Gasteiger partial charge in [-0.05, 0) is 48.9 Å². The molecule has 6 atom stereocenters. The number of aromatic nitrogens is 1. The van der Waals surface area contributed by atoms with Crippen LogP contribution in [0.2, 0.25) is 0 Å². The Hall–Kier alpha value is -3.82. The number of nitrogens with one attached hydrogen (secondary N) is 3. The number of carbonyl (C=O) groups excluding carboxylic acids is 2. The van der Waals surface area contributed by atoms with Crippen molar-refractivity contribution < 1.29 is 52.0 Å². The van der Waals surface area contributed by atoms with Gasteiger partial charge < -0.3 is 39.7 Å². The molecule has 1 saturated heterocycles. The minimum Gasteiger partial charge on any atom is -0.466 e. The summed E-state index contributed by atoms with van der Waals surface area (Å²) in [6.07, 6.45) is -3.63. The van der Waals surface area contributed by atoms with Gasteiger partial charge in [-0.25, -0.2) is 13.9 Å². The van der Waals surface area contributed by atoms with E-state index in [4.69, 9.17) is 34.4 Å². The van der Waals surface area contributed by atoms with E-state index in [2.05, 4.69) is 15.1 Å². The fourth-order valence-corrected chi connectivity index (χ4v) is 6.11. The second kappa shape index (κ2) is 19.1. The number of halogens is 1. The summed E-state index contributed by atoms with van der Waals surface area (Å²) in [4.78, 5) is 32.2. The van der Waals surface area contributed by atoms with Gasteiger partial charge in [0.2, 0.25) is 5.60 Å². The van der Waals surface area contributed by atoms with Crippen LogP contribution >= 0.6 is 21.2 Å². The molecule has 2 aromatic rings. The zero-order valence-electron chi connectivity index (χ0n) is 28.7. The lowest BCUT2D eigenvalue weighted by Gasteiger charge is -2.28. The number of aliphatic hydroxyl groups is 2. The number of amidine groups is 1. The van der Waals surface area contributed by atoms with Crippen LogP contribution in [0.25, 0.3) is 0 Å². The minimum atomic E-state index is -4.90. The van der Waals surface area contributed by atoms with Crippen LogP contribution in [0.15, 0.2) is 47.5 Å². The zero-order valence-corrected chi connectivity index (χ0v) is 30.6. The van der Waals surface area contributed by atoms with Gasteiger partial charge in [-0.1, -0.05) is 45.9 Å². The molecule has 0 saturated carbocycles. The lowest BCUT2D eigenvalue weighted by Crippen LogP contribution is -2.45. The number of carbonyl (C=O) groups is 2. The Labute approximate surface area is 302 Å². The van der Waals surface area contributed by atoms with Crippen LogP contribution in [-0.4, -0.2) is 83.2 Å². The summed E-state index contributed by atoms with van der Waals surface area (Å²) >= 11 is 0. The summed E-state index contributed by atoms with van der Waals surface area (Å²) in [7, 11) is -4.90. The Morgan fingerprint density at radius 1 is 1.14 bits per heavy atom. The van der Waals surface area contributed by atoms with E-state index in [1.54, 1.807) is 12.1 Å². The highest BCUT2D eigenvalue weighted by molar-refractivity contribution is 7.59. The van der Waals surface area contributed by atoms with Crippen LogP contribution in [0.5, 0.6) is 5.75 Å². The van der Waals surface area contributed by atoms with E-state index in [1.807, 2.05) is 27.7 Å². The van der Waals surface area contributed by atoms with Crippen molar-refractivity contribution in [1.29, 1.82) is 10.7 Å². The molecule has 3 rings (SSSR count). The Morgan fingerprint density at radius 2 is 1.76 bits per heavy atom. The summed E-state index contributed by atoms with van der Waals surface area (Å²) in [5.74, 6) is -5.04. The molecule has 1 aromatic heterocycles. The molecule has 1 fully saturated rings. The summed E-state index contributed by atoms with van der Waals surface area (Å²) in [5.41, 5.74) is 3.07. The van der Waals surface area contributed by atoms with E-state index >= 15 is 4.39 Å². The second-order valence-corrected chi connectivity index (χ2v) is 14.1. The van der Waals surface area contributed by atoms with Crippen LogP contribution in [0.1, 0.15) is 58.3 Å². The third kappa shape index (κ3) is 11.6. The molecule has 7 N–H and O–H groups in total. The Bertz CT molecular complexity index is 1590. The molecule has 0 radical (unpaired) electrons. The number of nitrogens with zero attached hydrogens (tertiary/aromatic N) is 2. The molecule has 1 aliphatic heterocycles. The first-order valence-corrected chi connectivity index (χ1v) is 17.4. The number of esters is 2. The Kier molecular flexibility index (Phi) is 16.3. The van der Waals surface area contributed by atoms with E-state index < -0.39 is 62.4 Å². The van der Waals surface area contributed by atoms with Gasteiger partial charge in [-0.15, -0.1) is 0 Å². The first-order valence-electron chi connectivity index (χ1n) is 15.9. The normalized spacial score (nSPS) is 23.5. The molecule has 51 heavy (non-hydrogen) atoms. The fraction of sp³-hybridized carbons (Fsp3) is 0.531. The first kappa shape index (κ1) is 43.3. The van der Waals surface area contributed by atoms with Crippen molar-refractivity contribution >= 4 is 45.4 Å². The number of nitrogens with two attached hydrogens (primary N) is 1. The zero-order chi connectivity index (χ0) is 37.1. The van der Waals surface area contributed by atoms with Crippen LogP contribution in [0.4, 0.5) is 4.39 Å². The van der Waals surface area contributed by atoms with Gasteiger partial charge >= 0.3 is 19.7 Å². The van der Waals surface area contributed by atoms with Gasteiger partial charge in [0.1, 0.15) is 48.8 Å². The first-order chi connectivity index (χ1) is 23.6. The molecule has 1 unspecified atom stereocenters. The summed E-state index contributed by atoms with van der Waals surface area (Å²) in [5, 5.41) is 41.3. The van der Waals surface area contributed by atoms with Gasteiger partial charge in [0.15, 0.2) is 0 Å². The molecule has 0 aliphatic carbocycles. The summed E-state index contributed by atoms with van der Waals surface area (Å²) in [6, 6.07) is 10.0. The van der Waals surface area contributed by atoms with Gasteiger partial charge in [-0.3, -0.25) is 19.5 Å². The van der Waals surface area contributed by atoms with E-state index in [9.17, 15) is 29.6 Å². The summed E-state index contributed by atoms with van der Waals surface area (Å²) < 4.78 is 57.7. The van der Waals surface area contributed by atoms with Crippen LogP contribution in [-0.2, 0) is 38.5 Å². The van der Waals surface area contributed by atoms with Gasteiger partial charge in [0.05, 0.1) is 31.0 Å². The number of aliphatic imine (C=N–C) groups is 1. The lowest BCUT2D eigenvalue weighted by atomic mass is 9.92. The molecular formula is C32H46FN6O10PS. The predicted molar refractivity (Wildman–Crippen MR) is 188 cm³/mol. The predicted octanol–water partition coefficient (Wildman–Crippen LogP) is 3.31. The number of hydrogen-bond acceptors (Lipinski definition) is 12. The number of H-pyrrole nitrogens is 1. The number of para-hydroxylation sites is 1. The second-order valence-electron chi connectivity index (χ2n) is 12.4. The number of benzene rings is 1. The van der Waals surface area contributed by atoms with Crippen LogP contribution in [0.3, 0.4) is 0 Å². The van der Waals surface area contributed by atoms with Crippen molar-refractivity contribution in [3.63, 3.8) is 0 Å². The van der Waals surface area contributed by atoms with Gasteiger partial charge in [-0.2, -0.15) is 23.8 Å². The smallest absolute Gasteiger partial charge is 0.459 e. The van der Waals surface area contributed by atoms with E-state index in [0.717, 1.165) is 0 Å². The number of aliphatic hydroxyl groups excluding tert-OH is 2. The monoisotopic (exact) mass is 756 g/mol. The van der Waals surface area contributed by atoms with E-state index in [-0.39, 0.29) is 61.5 Å². The van der Waals surface area contributed by atoms with Crippen molar-refractivity contribution in [2.24, 2.45) is 22.6 Å². The van der Waals surface area contributed by atoms with Crippen molar-refractivity contribution in [1.82, 2.24) is 10.1 Å². The molecule has 19 heteroatoms. The molecule has 0 amide bonds. The molecule has 0 bridgehead atoms. The highest BCUT2D eigenvalue weighted by Gasteiger charge is 2.66. The van der Waals surface area contributed by atoms with Crippen molar-refractivity contribution in [2.75, 3.05) is 19.8 Å². The number of ether oxygens (including phenoxy) is 3. The third-order valence-corrected chi connectivity index (χ3v) is 9.03. The number of alkyl halides is 1. The third-order valence-electron chi connectivity index (χ3n) is 7.49. The number of hydrogen-bond donors (Lipinski definition) is 6. The average Bonchev–Trinajstić information content (AvgIpc) is 3.63. The Balaban J connectivity index is 0.00000901. The number of rotatable bonds is 19. The molecule has 16 nitrogen and oxygen atoms in total. The molecule has 1 aromatic carbocycles. The largest absolute Gasteiger partial charge is 0.466 e. The average molecular weight is 757 g/mol. The molecule has 0 spiro atoms. The molecule has 2 heterocycles. The quantitative estimate of drug-likeness (QED) is 0.0522. The molecular weight excluding hydrogens is 710 g/mol. The maximum atomic E-state index is 16.5. The van der Waals surface area contributed by atoms with E-state index in [0.29, 0.717) is 19.2 Å². The van der Waals surface area contributed by atoms with Crippen LogP contribution in [0, 0.1) is 28.6 Å². The SMILES string of the molecule is CC(C)CCOC(=O)C[C@H](NP(=O)(OC[C@@]1(F)O[C@@](C#N)(c2ccc(C(N)=NC=N)[nH]2)[C@H](O)[C@@H]1O)Oc1ccccc1)C(=O)OCCC(C)C.S. The number of aromatic amines is 1.